The molecule has 1 aromatic heterocycles. The number of fused-ring (bicyclic) bond motifs is 3. The van der Waals surface area contributed by atoms with Gasteiger partial charge in [-0.3, -0.25) is 4.79 Å². The molecule has 0 aliphatic carbocycles. The Balaban J connectivity index is 0.000000320. The maximum Gasteiger partial charge on any atom is 0.224 e. The summed E-state index contributed by atoms with van der Waals surface area (Å²) >= 11 is 0. The number of aliphatic hydroxyl groups is 1. The van der Waals surface area contributed by atoms with Gasteiger partial charge in [0.2, 0.25) is 5.88 Å². The summed E-state index contributed by atoms with van der Waals surface area (Å²) in [7, 11) is 0. The molecule has 4 rings (SSSR count). The molecule has 3 aromatic carbocycles. The first-order chi connectivity index (χ1) is 19.1. The summed E-state index contributed by atoms with van der Waals surface area (Å²) in [5.41, 5.74) is 1.28. The zero-order valence-electron chi connectivity index (χ0n) is 25.5. The number of benzene rings is 3. The molecule has 41 heavy (non-hydrogen) atoms. The monoisotopic (exact) mass is 731 g/mol. The van der Waals surface area contributed by atoms with Crippen LogP contribution in [0.2, 0.25) is 0 Å². The van der Waals surface area contributed by atoms with E-state index in [1.807, 2.05) is 45.9 Å². The molecule has 0 atom stereocenters. The van der Waals surface area contributed by atoms with Crippen molar-refractivity contribution < 1.29 is 34.7 Å². The molecule has 0 fully saturated rings. The number of ether oxygens (including phenoxy) is 1. The molecule has 0 unspecified atom stereocenters. The molecule has 4 nitrogen and oxygen atoms in total. The van der Waals surface area contributed by atoms with Crippen LogP contribution in [-0.2, 0) is 30.3 Å². The zero-order valence-corrected chi connectivity index (χ0v) is 27.9. The second-order valence-electron chi connectivity index (χ2n) is 11.3. The number of pyridine rings is 1. The fourth-order valence-electron chi connectivity index (χ4n) is 4.85. The summed E-state index contributed by atoms with van der Waals surface area (Å²) in [4.78, 5) is 16.2. The third kappa shape index (κ3) is 8.99. The average Bonchev–Trinajstić information content (AvgIpc) is 2.94. The van der Waals surface area contributed by atoms with Gasteiger partial charge in [-0.1, -0.05) is 78.8 Å². The van der Waals surface area contributed by atoms with E-state index in [1.165, 1.54) is 22.4 Å². The number of carbonyl (C=O) groups is 1. The van der Waals surface area contributed by atoms with E-state index < -0.39 is 0 Å². The van der Waals surface area contributed by atoms with Crippen LogP contribution in [0.5, 0.6) is 11.6 Å². The normalized spacial score (nSPS) is 11.8. The number of ketones is 1. The predicted molar refractivity (Wildman–Crippen MR) is 167 cm³/mol. The quantitative estimate of drug-likeness (QED) is 0.0806. The summed E-state index contributed by atoms with van der Waals surface area (Å²) in [6.07, 6.45) is 6.71. The van der Waals surface area contributed by atoms with Crippen molar-refractivity contribution in [3.63, 3.8) is 0 Å². The van der Waals surface area contributed by atoms with Crippen molar-refractivity contribution in [3.05, 3.63) is 90.3 Å². The number of aromatic nitrogens is 1. The minimum atomic E-state index is 0. The first-order valence-electron chi connectivity index (χ1n) is 14.5. The summed E-state index contributed by atoms with van der Waals surface area (Å²) in [6.45, 7) is 14.6. The Morgan fingerprint density at radius 1 is 0.902 bits per heavy atom. The topological polar surface area (TPSA) is 59.4 Å². The molecule has 221 valence electrons. The number of hydrogen-bond acceptors (Lipinski definition) is 4. The van der Waals surface area contributed by atoms with Crippen molar-refractivity contribution in [2.24, 2.45) is 11.8 Å². The van der Waals surface area contributed by atoms with E-state index in [9.17, 15) is 9.90 Å². The van der Waals surface area contributed by atoms with E-state index in [2.05, 4.69) is 74.3 Å². The van der Waals surface area contributed by atoms with E-state index in [4.69, 9.17) is 4.74 Å². The van der Waals surface area contributed by atoms with Crippen molar-refractivity contribution in [2.45, 2.75) is 79.6 Å². The van der Waals surface area contributed by atoms with Crippen molar-refractivity contribution in [2.75, 3.05) is 0 Å². The van der Waals surface area contributed by atoms with Gasteiger partial charge in [0.05, 0.1) is 5.76 Å². The molecule has 0 aliphatic heterocycles. The van der Waals surface area contributed by atoms with Crippen molar-refractivity contribution >= 4 is 27.3 Å². The molecule has 0 bridgehead atoms. The van der Waals surface area contributed by atoms with Crippen LogP contribution in [0.1, 0.15) is 79.7 Å². The molecule has 0 aliphatic rings. The van der Waals surface area contributed by atoms with Crippen LogP contribution in [0.25, 0.3) is 21.5 Å². The van der Waals surface area contributed by atoms with Crippen LogP contribution in [0.3, 0.4) is 0 Å². The smallest absolute Gasteiger partial charge is 0.224 e. The molecular weight excluding hydrogens is 687 g/mol. The fraction of sp³-hybridized carbons (Fsp3) is 0.389. The van der Waals surface area contributed by atoms with E-state index in [0.717, 1.165) is 36.5 Å². The van der Waals surface area contributed by atoms with Gasteiger partial charge < -0.3 is 9.84 Å². The third-order valence-corrected chi connectivity index (χ3v) is 7.56. The van der Waals surface area contributed by atoms with Crippen molar-refractivity contribution in [1.82, 2.24) is 4.98 Å². The zero-order chi connectivity index (χ0) is 29.3. The van der Waals surface area contributed by atoms with Gasteiger partial charge in [0.25, 0.3) is 0 Å². The van der Waals surface area contributed by atoms with Crippen LogP contribution in [0.15, 0.2) is 78.7 Å². The van der Waals surface area contributed by atoms with Gasteiger partial charge in [0.15, 0.2) is 5.78 Å². The Morgan fingerprint density at radius 3 is 2.20 bits per heavy atom. The first-order valence-corrected chi connectivity index (χ1v) is 14.5. The van der Waals surface area contributed by atoms with E-state index in [-0.39, 0.29) is 48.9 Å². The minimum absolute atomic E-state index is 0. The maximum atomic E-state index is 11.7. The fourth-order valence-corrected chi connectivity index (χ4v) is 4.85. The number of rotatable bonds is 9. The molecule has 1 heterocycles. The summed E-state index contributed by atoms with van der Waals surface area (Å²) in [5, 5.41) is 14.3. The Morgan fingerprint density at radius 2 is 1.56 bits per heavy atom. The SMILES string of the molecule is CC(C)(C)c1cc[c-]c(Oc2nccc3c2ccc2ccccc23)c1.CCC(CC)C(=O)/C=C(\O)C(CC)CC.[Ir]. The van der Waals surface area contributed by atoms with Gasteiger partial charge in [-0.2, -0.15) is 12.1 Å². The van der Waals surface area contributed by atoms with E-state index in [1.54, 1.807) is 6.20 Å². The van der Waals surface area contributed by atoms with Gasteiger partial charge in [-0.15, -0.1) is 17.7 Å². The van der Waals surface area contributed by atoms with Gasteiger partial charge in [0.1, 0.15) is 0 Å². The van der Waals surface area contributed by atoms with Gasteiger partial charge in [-0.05, 0) is 59.4 Å². The largest absolute Gasteiger partial charge is 0.512 e. The van der Waals surface area contributed by atoms with E-state index in [0.29, 0.717) is 11.6 Å². The number of nitrogens with zero attached hydrogens (tertiary/aromatic N) is 1. The first kappa shape index (κ1) is 34.2. The van der Waals surface area contributed by atoms with Crippen LogP contribution < -0.4 is 4.74 Å². The molecule has 0 saturated carbocycles. The van der Waals surface area contributed by atoms with Gasteiger partial charge in [0, 0.05) is 55.3 Å². The molecule has 0 amide bonds. The molecule has 5 heteroatoms. The number of hydrogen-bond donors (Lipinski definition) is 1. The summed E-state index contributed by atoms with van der Waals surface area (Å²) < 4.78 is 6.11. The molecule has 0 spiro atoms. The number of allylic oxidation sites excluding steroid dienone is 2. The average molecular weight is 731 g/mol. The van der Waals surface area contributed by atoms with Gasteiger partial charge in [-0.25, -0.2) is 4.98 Å². The maximum absolute atomic E-state index is 11.7. The molecule has 0 saturated heterocycles. The Hall–Kier alpha value is -3.01. The molecule has 1 radical (unpaired) electrons. The van der Waals surface area contributed by atoms with Crippen LogP contribution >= 0.6 is 0 Å². The Labute approximate surface area is 259 Å². The molecule has 1 N–H and O–H groups in total. The number of carbonyl (C=O) groups excluding carboxylic acids is 1. The third-order valence-electron chi connectivity index (χ3n) is 7.56. The molecule has 4 aromatic rings. The van der Waals surface area contributed by atoms with Crippen LogP contribution in [0, 0.1) is 17.9 Å². The van der Waals surface area contributed by atoms with Crippen molar-refractivity contribution in [1.29, 1.82) is 0 Å². The van der Waals surface area contributed by atoms with Crippen LogP contribution in [0.4, 0.5) is 0 Å². The second-order valence-corrected chi connectivity index (χ2v) is 11.3. The van der Waals surface area contributed by atoms with Crippen molar-refractivity contribution in [3.8, 4) is 11.6 Å². The molecular formula is C36H44IrNO3-. The summed E-state index contributed by atoms with van der Waals surface area (Å²) in [5.74, 6) is 1.86. The predicted octanol–water partition coefficient (Wildman–Crippen LogP) is 10.1. The number of aliphatic hydroxyl groups excluding tert-OH is 1. The Kier molecular flexibility index (Phi) is 13.2. The van der Waals surface area contributed by atoms with E-state index >= 15 is 0 Å². The summed E-state index contributed by atoms with van der Waals surface area (Å²) in [6, 6.07) is 23.8. The second kappa shape index (κ2) is 15.8. The van der Waals surface area contributed by atoms with Crippen LogP contribution in [-0.4, -0.2) is 15.9 Å². The Bertz CT molecular complexity index is 1450. The standard InChI is InChI=1S/C23H20NO.C13H24O2.Ir/c1-23(2,3)17-8-6-9-18(15-17)25-22-21-12-11-16-7-4-5-10-19(16)20(21)13-14-24-22;1-5-10(6-2)12(14)9-13(15)11(7-3)8-4;/h4-8,10-15H,1-3H3;9-11,14H,5-8H2,1-4H3;/q-1;;/b;12-9-;. The minimum Gasteiger partial charge on any atom is -0.512 e. The van der Waals surface area contributed by atoms with Gasteiger partial charge >= 0.3 is 0 Å².